The SMILES string of the molecule is CCN(CC1CCN(C(C)(C)Cc2ccccc2F)CC1)C(=O)c1cc2ccccc2[nH]1. The summed E-state index contributed by atoms with van der Waals surface area (Å²) in [5.41, 5.74) is 2.34. The van der Waals surface area contributed by atoms with Gasteiger partial charge in [-0.15, -0.1) is 0 Å². The first kappa shape index (κ1) is 22.5. The first-order valence-electron chi connectivity index (χ1n) is 11.7. The molecule has 0 radical (unpaired) electrons. The Balaban J connectivity index is 1.35. The Labute approximate surface area is 190 Å². The normalized spacial score (nSPS) is 15.9. The monoisotopic (exact) mass is 435 g/mol. The molecule has 0 unspecified atom stereocenters. The van der Waals surface area contributed by atoms with Gasteiger partial charge in [0.1, 0.15) is 11.5 Å². The predicted molar refractivity (Wildman–Crippen MR) is 128 cm³/mol. The van der Waals surface area contributed by atoms with Crippen molar-refractivity contribution in [3.63, 3.8) is 0 Å². The van der Waals surface area contributed by atoms with Gasteiger partial charge in [0.15, 0.2) is 0 Å². The maximum Gasteiger partial charge on any atom is 0.270 e. The summed E-state index contributed by atoms with van der Waals surface area (Å²) in [7, 11) is 0. The Kier molecular flexibility index (Phi) is 6.66. The topological polar surface area (TPSA) is 39.3 Å². The number of piperidine rings is 1. The van der Waals surface area contributed by atoms with Crippen LogP contribution in [0, 0.1) is 11.7 Å². The number of hydrogen-bond acceptors (Lipinski definition) is 2. The number of aromatic amines is 1. The molecule has 1 aliphatic heterocycles. The molecule has 0 aliphatic carbocycles. The van der Waals surface area contributed by atoms with Crippen LogP contribution in [-0.4, -0.2) is 52.4 Å². The smallest absolute Gasteiger partial charge is 0.270 e. The van der Waals surface area contributed by atoms with E-state index in [-0.39, 0.29) is 17.3 Å². The Morgan fingerprint density at radius 1 is 1.12 bits per heavy atom. The highest BCUT2D eigenvalue weighted by Gasteiger charge is 2.32. The second-order valence-electron chi connectivity index (χ2n) is 9.63. The van der Waals surface area contributed by atoms with Gasteiger partial charge in [0.25, 0.3) is 5.91 Å². The average Bonchev–Trinajstić information content (AvgIpc) is 3.23. The van der Waals surface area contributed by atoms with Crippen molar-refractivity contribution in [3.05, 3.63) is 71.7 Å². The maximum atomic E-state index is 14.2. The minimum atomic E-state index is -0.121. The van der Waals surface area contributed by atoms with Gasteiger partial charge in [0.2, 0.25) is 0 Å². The van der Waals surface area contributed by atoms with Crippen LogP contribution in [0.2, 0.25) is 0 Å². The number of carbonyl (C=O) groups excluding carboxylic acids is 1. The molecule has 1 aliphatic rings. The van der Waals surface area contributed by atoms with Gasteiger partial charge in [-0.05, 0) is 82.8 Å². The van der Waals surface area contributed by atoms with Crippen molar-refractivity contribution in [2.75, 3.05) is 26.2 Å². The van der Waals surface area contributed by atoms with E-state index in [0.717, 1.165) is 48.9 Å². The van der Waals surface area contributed by atoms with Gasteiger partial charge < -0.3 is 9.88 Å². The van der Waals surface area contributed by atoms with Crippen LogP contribution in [0.4, 0.5) is 4.39 Å². The second-order valence-corrected chi connectivity index (χ2v) is 9.63. The van der Waals surface area contributed by atoms with E-state index in [1.807, 2.05) is 54.3 Å². The van der Waals surface area contributed by atoms with Crippen molar-refractivity contribution in [1.29, 1.82) is 0 Å². The molecule has 5 heteroatoms. The molecule has 1 saturated heterocycles. The minimum absolute atomic E-state index is 0.0750. The highest BCUT2D eigenvalue weighted by atomic mass is 19.1. The molecule has 1 amide bonds. The van der Waals surface area contributed by atoms with Crippen molar-refractivity contribution in [1.82, 2.24) is 14.8 Å². The number of rotatable bonds is 7. The van der Waals surface area contributed by atoms with Gasteiger partial charge in [0, 0.05) is 29.5 Å². The number of nitrogens with zero attached hydrogens (tertiary/aromatic N) is 2. The molecule has 0 bridgehead atoms. The third-order valence-corrected chi connectivity index (χ3v) is 6.96. The quantitative estimate of drug-likeness (QED) is 0.532. The summed E-state index contributed by atoms with van der Waals surface area (Å²) >= 11 is 0. The lowest BCUT2D eigenvalue weighted by Crippen LogP contribution is -2.50. The molecule has 32 heavy (non-hydrogen) atoms. The van der Waals surface area contributed by atoms with E-state index in [0.29, 0.717) is 24.6 Å². The fourth-order valence-electron chi connectivity index (χ4n) is 4.97. The van der Waals surface area contributed by atoms with Crippen LogP contribution in [0.1, 0.15) is 49.7 Å². The third-order valence-electron chi connectivity index (χ3n) is 6.96. The van der Waals surface area contributed by atoms with Crippen LogP contribution in [0.5, 0.6) is 0 Å². The largest absolute Gasteiger partial charge is 0.351 e. The number of carbonyl (C=O) groups is 1. The van der Waals surface area contributed by atoms with E-state index < -0.39 is 0 Å². The maximum absolute atomic E-state index is 14.2. The number of aromatic nitrogens is 1. The van der Waals surface area contributed by atoms with Gasteiger partial charge in [-0.2, -0.15) is 0 Å². The molecule has 1 N–H and O–H groups in total. The summed E-state index contributed by atoms with van der Waals surface area (Å²) < 4.78 is 14.2. The molecule has 0 saturated carbocycles. The lowest BCUT2D eigenvalue weighted by molar-refractivity contribution is 0.0544. The number of nitrogens with one attached hydrogen (secondary N) is 1. The summed E-state index contributed by atoms with van der Waals surface area (Å²) in [6.07, 6.45) is 2.80. The van der Waals surface area contributed by atoms with E-state index in [2.05, 4.69) is 23.7 Å². The van der Waals surface area contributed by atoms with Crippen molar-refractivity contribution >= 4 is 16.8 Å². The van der Waals surface area contributed by atoms with Crippen LogP contribution >= 0.6 is 0 Å². The molecule has 4 nitrogen and oxygen atoms in total. The van der Waals surface area contributed by atoms with Crippen molar-refractivity contribution in [2.45, 2.75) is 45.6 Å². The Morgan fingerprint density at radius 2 is 1.81 bits per heavy atom. The van der Waals surface area contributed by atoms with Gasteiger partial charge in [-0.25, -0.2) is 4.39 Å². The van der Waals surface area contributed by atoms with E-state index >= 15 is 0 Å². The summed E-state index contributed by atoms with van der Waals surface area (Å²) in [6.45, 7) is 9.90. The Bertz CT molecular complexity index is 1030. The lowest BCUT2D eigenvalue weighted by atomic mass is 9.88. The molecular formula is C27H34FN3O. The number of benzene rings is 2. The van der Waals surface area contributed by atoms with E-state index in [4.69, 9.17) is 0 Å². The van der Waals surface area contributed by atoms with E-state index in [1.54, 1.807) is 12.1 Å². The summed E-state index contributed by atoms with van der Waals surface area (Å²) in [6, 6.07) is 17.0. The van der Waals surface area contributed by atoms with Crippen LogP contribution < -0.4 is 0 Å². The molecule has 0 spiro atoms. The number of amides is 1. The molecular weight excluding hydrogens is 401 g/mol. The van der Waals surface area contributed by atoms with E-state index in [9.17, 15) is 9.18 Å². The fraction of sp³-hybridized carbons (Fsp3) is 0.444. The van der Waals surface area contributed by atoms with Crippen LogP contribution in [0.25, 0.3) is 10.9 Å². The number of halogens is 1. The number of hydrogen-bond donors (Lipinski definition) is 1. The summed E-state index contributed by atoms with van der Waals surface area (Å²) in [4.78, 5) is 20.8. The zero-order chi connectivity index (χ0) is 22.7. The molecule has 2 aromatic carbocycles. The molecule has 1 fully saturated rings. The highest BCUT2D eigenvalue weighted by Crippen LogP contribution is 2.28. The molecule has 1 aromatic heterocycles. The van der Waals surface area contributed by atoms with E-state index in [1.165, 1.54) is 0 Å². The number of H-pyrrole nitrogens is 1. The lowest BCUT2D eigenvalue weighted by Gasteiger charge is -2.44. The molecule has 170 valence electrons. The zero-order valence-electron chi connectivity index (χ0n) is 19.4. The van der Waals surface area contributed by atoms with Crippen molar-refractivity contribution < 1.29 is 9.18 Å². The zero-order valence-corrected chi connectivity index (χ0v) is 19.4. The third kappa shape index (κ3) is 4.88. The highest BCUT2D eigenvalue weighted by molar-refractivity contribution is 5.98. The molecule has 2 heterocycles. The number of fused-ring (bicyclic) bond motifs is 1. The Hall–Kier alpha value is -2.66. The summed E-state index contributed by atoms with van der Waals surface area (Å²) in [5, 5.41) is 1.07. The molecule has 4 rings (SSSR count). The Morgan fingerprint density at radius 3 is 2.50 bits per heavy atom. The number of likely N-dealkylation sites (tertiary alicyclic amines) is 1. The summed E-state index contributed by atoms with van der Waals surface area (Å²) in [5.74, 6) is 0.444. The van der Waals surface area contributed by atoms with Crippen LogP contribution in [-0.2, 0) is 6.42 Å². The average molecular weight is 436 g/mol. The van der Waals surface area contributed by atoms with Crippen LogP contribution in [0.15, 0.2) is 54.6 Å². The first-order valence-corrected chi connectivity index (χ1v) is 11.7. The van der Waals surface area contributed by atoms with Crippen LogP contribution in [0.3, 0.4) is 0 Å². The predicted octanol–water partition coefficient (Wildman–Crippen LogP) is 5.50. The standard InChI is InChI=1S/C27H34FN3O/c1-4-30(26(32)25-17-21-9-6-8-12-24(21)29-25)19-20-13-15-31(16-14-20)27(2,3)18-22-10-5-7-11-23(22)28/h5-12,17,20,29H,4,13-16,18-19H2,1-3H3. The minimum Gasteiger partial charge on any atom is -0.351 e. The van der Waals surface area contributed by atoms with Crippen molar-refractivity contribution in [3.8, 4) is 0 Å². The molecule has 0 atom stereocenters. The van der Waals surface area contributed by atoms with Gasteiger partial charge >= 0.3 is 0 Å². The van der Waals surface area contributed by atoms with Gasteiger partial charge in [0.05, 0.1) is 0 Å². The fourth-order valence-corrected chi connectivity index (χ4v) is 4.97. The first-order chi connectivity index (χ1) is 15.4. The van der Waals surface area contributed by atoms with Gasteiger partial charge in [-0.3, -0.25) is 9.69 Å². The molecule has 3 aromatic rings. The second kappa shape index (κ2) is 9.45. The van der Waals surface area contributed by atoms with Crippen molar-refractivity contribution in [2.24, 2.45) is 5.92 Å². The van der Waals surface area contributed by atoms with Gasteiger partial charge in [-0.1, -0.05) is 36.4 Å². The number of para-hydroxylation sites is 1.